The maximum Gasteiger partial charge on any atom is 0.262 e. The number of quaternary nitrogens is 1. The number of methoxy groups -OCH3 is 1. The smallest absolute Gasteiger partial charge is 0.262 e. The molecule has 0 unspecified atom stereocenters. The normalized spacial score (nSPS) is 13.1. The lowest BCUT2D eigenvalue weighted by atomic mass is 10.1. The number of nitrogens with zero attached hydrogens (tertiary/aromatic N) is 1. The fraction of sp³-hybridized carbons (Fsp3) is 0.238. The van der Waals surface area contributed by atoms with Crippen molar-refractivity contribution >= 4 is 34.3 Å². The quantitative estimate of drug-likeness (QED) is 0.206. The number of halogens is 1. The van der Waals surface area contributed by atoms with Crippen molar-refractivity contribution in [1.82, 2.24) is 0 Å². The SMILES string of the molecule is C/C=C(\SC(=C(C)CC)c1ccc(F)cc1)[N+](O)(O)Nc1ccc(SN)cc1OC. The van der Waals surface area contributed by atoms with Gasteiger partial charge in [-0.05, 0) is 85.9 Å². The molecule has 2 rings (SSSR count). The van der Waals surface area contributed by atoms with E-state index in [0.717, 1.165) is 39.3 Å². The van der Waals surface area contributed by atoms with Crippen LogP contribution >= 0.6 is 23.7 Å². The van der Waals surface area contributed by atoms with Gasteiger partial charge >= 0.3 is 0 Å². The largest absolute Gasteiger partial charge is 0.494 e. The van der Waals surface area contributed by atoms with Crippen LogP contribution in [0.4, 0.5) is 10.1 Å². The van der Waals surface area contributed by atoms with Crippen LogP contribution in [0.1, 0.15) is 32.8 Å². The molecule has 0 bridgehead atoms. The molecule has 0 amide bonds. The summed E-state index contributed by atoms with van der Waals surface area (Å²) in [6, 6.07) is 11.2. The Bertz CT molecular complexity index is 932. The summed E-state index contributed by atoms with van der Waals surface area (Å²) in [6.07, 6.45) is 2.35. The van der Waals surface area contributed by atoms with Gasteiger partial charge in [-0.3, -0.25) is 5.14 Å². The number of allylic oxidation sites excluding steroid dienone is 2. The molecular weight excluding hydrogens is 425 g/mol. The Balaban J connectivity index is 2.36. The highest BCUT2D eigenvalue weighted by Crippen LogP contribution is 2.41. The summed E-state index contributed by atoms with van der Waals surface area (Å²) in [5.74, 6) is 0.0846. The van der Waals surface area contributed by atoms with Gasteiger partial charge in [0.1, 0.15) is 17.3 Å². The molecule has 0 saturated heterocycles. The van der Waals surface area contributed by atoms with Crippen molar-refractivity contribution in [2.45, 2.75) is 32.1 Å². The van der Waals surface area contributed by atoms with Crippen LogP contribution in [0, 0.1) is 5.82 Å². The predicted molar refractivity (Wildman–Crippen MR) is 121 cm³/mol. The zero-order chi connectivity index (χ0) is 22.3. The summed E-state index contributed by atoms with van der Waals surface area (Å²) in [4.78, 5) is 0.000816. The molecule has 0 aliphatic rings. The number of thioether (sulfide) groups is 1. The second kappa shape index (κ2) is 10.9. The van der Waals surface area contributed by atoms with E-state index in [9.17, 15) is 14.8 Å². The van der Waals surface area contributed by atoms with Crippen LogP contribution in [0.15, 0.2) is 64.0 Å². The molecule has 0 fully saturated rings. The highest BCUT2D eigenvalue weighted by atomic mass is 32.2. The second-order valence-corrected chi connectivity index (χ2v) is 8.13. The maximum absolute atomic E-state index is 13.4. The Morgan fingerprint density at radius 1 is 1.23 bits per heavy atom. The molecule has 0 aliphatic heterocycles. The van der Waals surface area contributed by atoms with Gasteiger partial charge in [-0.25, -0.2) is 4.39 Å². The summed E-state index contributed by atoms with van der Waals surface area (Å²) in [5.41, 5.74) is 4.87. The van der Waals surface area contributed by atoms with Gasteiger partial charge in [-0.15, -0.1) is 10.4 Å². The molecule has 6 nitrogen and oxygen atoms in total. The van der Waals surface area contributed by atoms with Gasteiger partial charge in [-0.2, -0.15) is 5.43 Å². The number of nitrogens with two attached hydrogens (primary N) is 1. The van der Waals surface area contributed by atoms with Crippen LogP contribution in [-0.2, 0) is 0 Å². The fourth-order valence-corrected chi connectivity index (χ4v) is 4.02. The van der Waals surface area contributed by atoms with Crippen molar-refractivity contribution in [2.24, 2.45) is 5.14 Å². The topological polar surface area (TPSA) is 87.7 Å². The highest BCUT2D eigenvalue weighted by Gasteiger charge is 2.33. The van der Waals surface area contributed by atoms with Gasteiger partial charge in [0.2, 0.25) is 0 Å². The number of hydroxylamine groups is 2. The van der Waals surface area contributed by atoms with Crippen LogP contribution in [0.25, 0.3) is 4.91 Å². The van der Waals surface area contributed by atoms with E-state index in [4.69, 9.17) is 9.88 Å². The van der Waals surface area contributed by atoms with Crippen LogP contribution in [-0.4, -0.2) is 22.4 Å². The number of benzene rings is 2. The Labute approximate surface area is 184 Å². The molecule has 30 heavy (non-hydrogen) atoms. The molecule has 162 valence electrons. The van der Waals surface area contributed by atoms with Crippen LogP contribution in [0.2, 0.25) is 0 Å². The minimum atomic E-state index is -1.59. The Morgan fingerprint density at radius 2 is 1.90 bits per heavy atom. The Kier molecular flexibility index (Phi) is 8.78. The predicted octanol–water partition coefficient (Wildman–Crippen LogP) is 6.16. The van der Waals surface area contributed by atoms with Crippen molar-refractivity contribution in [3.05, 3.63) is 70.5 Å². The molecule has 0 radical (unpaired) electrons. The molecule has 0 atom stereocenters. The van der Waals surface area contributed by atoms with Crippen molar-refractivity contribution in [2.75, 3.05) is 12.5 Å². The molecule has 0 aromatic heterocycles. The minimum absolute atomic E-state index is 0.210. The first kappa shape index (κ1) is 24.3. The van der Waals surface area contributed by atoms with Crippen molar-refractivity contribution < 1.29 is 24.5 Å². The number of hydrogen-bond acceptors (Lipinski definition) is 7. The average molecular weight is 453 g/mol. The molecule has 9 heteroatoms. The van der Waals surface area contributed by atoms with E-state index in [0.29, 0.717) is 11.4 Å². The summed E-state index contributed by atoms with van der Waals surface area (Å²) in [5, 5.41) is 27.4. The number of anilines is 1. The van der Waals surface area contributed by atoms with E-state index in [2.05, 4.69) is 5.43 Å². The van der Waals surface area contributed by atoms with E-state index in [1.165, 1.54) is 31.0 Å². The first-order valence-corrected chi connectivity index (χ1v) is 10.9. The van der Waals surface area contributed by atoms with E-state index in [1.54, 1.807) is 43.3 Å². The molecule has 2 aromatic rings. The average Bonchev–Trinajstić information content (AvgIpc) is 2.74. The number of rotatable bonds is 9. The zero-order valence-corrected chi connectivity index (χ0v) is 19.0. The Morgan fingerprint density at radius 3 is 2.43 bits per heavy atom. The minimum Gasteiger partial charge on any atom is -0.494 e. The van der Waals surface area contributed by atoms with Gasteiger partial charge in [0.25, 0.3) is 5.03 Å². The summed E-state index contributed by atoms with van der Waals surface area (Å²) < 4.78 is 18.7. The molecule has 0 spiro atoms. The molecule has 2 aromatic carbocycles. The first-order valence-electron chi connectivity index (χ1n) is 9.23. The van der Waals surface area contributed by atoms with E-state index < -0.39 is 4.92 Å². The monoisotopic (exact) mass is 452 g/mol. The van der Waals surface area contributed by atoms with Crippen LogP contribution in [0.3, 0.4) is 0 Å². The molecule has 0 heterocycles. The Hall–Kier alpha value is -2.01. The number of ether oxygens (including phenoxy) is 1. The highest BCUT2D eigenvalue weighted by molar-refractivity contribution is 8.11. The standard InChI is InChI=1S/C21H27FN3O3S2/c1-5-14(3)21(15-7-9-16(22)10-8-15)29-20(6-2)25(26,27)24-18-12-11-17(30-23)13-19(18)28-4/h6-13,24,26-27H,5,23H2,1-4H3/q+1/b20-6-,21-14?. The molecule has 0 aliphatic carbocycles. The second-order valence-electron chi connectivity index (χ2n) is 6.39. The lowest BCUT2D eigenvalue weighted by molar-refractivity contribution is -1.20. The third kappa shape index (κ3) is 6.00. The summed E-state index contributed by atoms with van der Waals surface area (Å²) in [6.45, 7) is 5.68. The van der Waals surface area contributed by atoms with E-state index >= 15 is 0 Å². The molecule has 5 N–H and O–H groups in total. The van der Waals surface area contributed by atoms with E-state index in [1.807, 2.05) is 13.8 Å². The van der Waals surface area contributed by atoms with Crippen molar-refractivity contribution in [1.29, 1.82) is 0 Å². The fourth-order valence-electron chi connectivity index (χ4n) is 2.62. The number of nitrogens with one attached hydrogen (secondary N) is 1. The van der Waals surface area contributed by atoms with Crippen LogP contribution < -0.4 is 15.3 Å². The van der Waals surface area contributed by atoms with Gasteiger partial charge in [0, 0.05) is 9.80 Å². The zero-order valence-electron chi connectivity index (χ0n) is 17.3. The third-order valence-electron chi connectivity index (χ3n) is 4.37. The lowest BCUT2D eigenvalue weighted by Gasteiger charge is -2.25. The third-order valence-corrected chi connectivity index (χ3v) is 6.38. The van der Waals surface area contributed by atoms with Gasteiger partial charge in [-0.1, -0.05) is 24.6 Å². The first-order chi connectivity index (χ1) is 14.2. The van der Waals surface area contributed by atoms with Gasteiger partial charge < -0.3 is 4.74 Å². The molecule has 0 saturated carbocycles. The van der Waals surface area contributed by atoms with Gasteiger partial charge in [0.05, 0.1) is 12.0 Å². The van der Waals surface area contributed by atoms with Crippen molar-refractivity contribution in [3.8, 4) is 5.75 Å². The number of hydrogen-bond donors (Lipinski definition) is 4. The molecular formula is C21H27FN3O3S2+. The van der Waals surface area contributed by atoms with Gasteiger partial charge in [0.15, 0.2) is 0 Å². The maximum atomic E-state index is 13.4. The van der Waals surface area contributed by atoms with Crippen LogP contribution in [0.5, 0.6) is 5.75 Å². The van der Waals surface area contributed by atoms with E-state index in [-0.39, 0.29) is 10.8 Å². The lowest BCUT2D eigenvalue weighted by Crippen LogP contribution is -2.44. The summed E-state index contributed by atoms with van der Waals surface area (Å²) in [7, 11) is 1.49. The van der Waals surface area contributed by atoms with Crippen molar-refractivity contribution in [3.63, 3.8) is 0 Å². The summed E-state index contributed by atoms with van der Waals surface area (Å²) >= 11 is 2.25.